The minimum atomic E-state index is -1.14. The molecule has 2 fully saturated rings. The highest BCUT2D eigenvalue weighted by Crippen LogP contribution is 2.21. The first-order valence-corrected chi connectivity index (χ1v) is 6.83. The summed E-state index contributed by atoms with van der Waals surface area (Å²) in [4.78, 5) is 13.3. The van der Waals surface area contributed by atoms with Crippen LogP contribution in [-0.4, -0.2) is 61.2 Å². The van der Waals surface area contributed by atoms with Gasteiger partial charge in [-0.15, -0.1) is 0 Å². The maximum atomic E-state index is 14.0. The van der Waals surface area contributed by atoms with Crippen molar-refractivity contribution in [2.24, 2.45) is 0 Å². The standard InChI is InChI=1S/C13H23FN2O3/c1-13(2,3)19-12(17)16-5-4-11(10(14)8-16)18-9-6-15-7-9/h9-11,15H,4-8H2,1-3H3/t10-,11+/m1/s1. The van der Waals surface area contributed by atoms with Crippen molar-refractivity contribution in [2.45, 2.75) is 51.2 Å². The Morgan fingerprint density at radius 1 is 1.37 bits per heavy atom. The van der Waals surface area contributed by atoms with E-state index in [4.69, 9.17) is 9.47 Å². The van der Waals surface area contributed by atoms with Gasteiger partial charge in [0.05, 0.1) is 18.8 Å². The number of nitrogens with zero attached hydrogens (tertiary/aromatic N) is 1. The molecular formula is C13H23FN2O3. The molecule has 2 heterocycles. The molecule has 0 aliphatic carbocycles. The molecule has 0 spiro atoms. The lowest BCUT2D eigenvalue weighted by atomic mass is 10.1. The Labute approximate surface area is 113 Å². The minimum Gasteiger partial charge on any atom is -0.444 e. The number of ether oxygens (including phenoxy) is 2. The highest BCUT2D eigenvalue weighted by atomic mass is 19.1. The molecule has 2 saturated heterocycles. The Morgan fingerprint density at radius 3 is 2.53 bits per heavy atom. The van der Waals surface area contributed by atoms with Crippen LogP contribution in [0.3, 0.4) is 0 Å². The molecule has 2 atom stereocenters. The molecule has 0 bridgehead atoms. The number of rotatable bonds is 2. The summed E-state index contributed by atoms with van der Waals surface area (Å²) in [6, 6.07) is 0. The molecule has 0 radical (unpaired) electrons. The summed E-state index contributed by atoms with van der Waals surface area (Å²) in [5, 5.41) is 3.09. The highest BCUT2D eigenvalue weighted by Gasteiger charge is 2.36. The zero-order chi connectivity index (χ0) is 14.0. The van der Waals surface area contributed by atoms with Gasteiger partial charge in [0.25, 0.3) is 0 Å². The lowest BCUT2D eigenvalue weighted by molar-refractivity contribution is -0.0972. The molecule has 0 unspecified atom stereocenters. The Bertz CT molecular complexity index is 328. The summed E-state index contributed by atoms with van der Waals surface area (Å²) in [6.07, 6.45) is -1.33. The van der Waals surface area contributed by atoms with E-state index in [-0.39, 0.29) is 12.6 Å². The van der Waals surface area contributed by atoms with E-state index >= 15 is 0 Å². The molecule has 0 saturated carbocycles. The molecule has 0 aromatic heterocycles. The van der Waals surface area contributed by atoms with Crippen LogP contribution >= 0.6 is 0 Å². The van der Waals surface area contributed by atoms with E-state index in [1.54, 1.807) is 20.8 Å². The third-order valence-electron chi connectivity index (χ3n) is 3.24. The van der Waals surface area contributed by atoms with Gasteiger partial charge in [0.1, 0.15) is 11.8 Å². The van der Waals surface area contributed by atoms with Gasteiger partial charge in [-0.25, -0.2) is 9.18 Å². The average Bonchev–Trinajstić information content (AvgIpc) is 2.22. The smallest absolute Gasteiger partial charge is 0.410 e. The second kappa shape index (κ2) is 5.63. The largest absolute Gasteiger partial charge is 0.444 e. The maximum Gasteiger partial charge on any atom is 0.410 e. The Balaban J connectivity index is 1.80. The van der Waals surface area contributed by atoms with Crippen LogP contribution < -0.4 is 5.32 Å². The van der Waals surface area contributed by atoms with Crippen molar-refractivity contribution in [3.8, 4) is 0 Å². The van der Waals surface area contributed by atoms with Gasteiger partial charge in [-0.3, -0.25) is 0 Å². The van der Waals surface area contributed by atoms with Gasteiger partial charge in [-0.2, -0.15) is 0 Å². The van der Waals surface area contributed by atoms with Crippen LogP contribution in [0.5, 0.6) is 0 Å². The maximum absolute atomic E-state index is 14.0. The summed E-state index contributed by atoms with van der Waals surface area (Å²) in [5.41, 5.74) is -0.548. The molecule has 110 valence electrons. The summed E-state index contributed by atoms with van der Waals surface area (Å²) in [6.45, 7) is 7.53. The lowest BCUT2D eigenvalue weighted by Gasteiger charge is -2.38. The molecule has 6 heteroatoms. The zero-order valence-electron chi connectivity index (χ0n) is 11.8. The molecule has 0 aromatic carbocycles. The second-order valence-electron chi connectivity index (χ2n) is 6.19. The summed E-state index contributed by atoms with van der Waals surface area (Å²) in [7, 11) is 0. The normalized spacial score (nSPS) is 28.9. The van der Waals surface area contributed by atoms with Crippen LogP contribution in [0.1, 0.15) is 27.2 Å². The van der Waals surface area contributed by atoms with Crippen molar-refractivity contribution in [1.82, 2.24) is 10.2 Å². The molecule has 2 rings (SSSR count). The Morgan fingerprint density at radius 2 is 2.05 bits per heavy atom. The number of likely N-dealkylation sites (tertiary alicyclic amines) is 1. The van der Waals surface area contributed by atoms with Crippen molar-refractivity contribution >= 4 is 6.09 Å². The quantitative estimate of drug-likeness (QED) is 0.825. The number of alkyl halides is 1. The van der Waals surface area contributed by atoms with Crippen LogP contribution in [-0.2, 0) is 9.47 Å². The van der Waals surface area contributed by atoms with Gasteiger partial charge in [0.2, 0.25) is 0 Å². The van der Waals surface area contributed by atoms with E-state index < -0.39 is 24.0 Å². The summed E-state index contributed by atoms with van der Waals surface area (Å²) in [5.74, 6) is 0. The fourth-order valence-corrected chi connectivity index (χ4v) is 2.13. The fraction of sp³-hybridized carbons (Fsp3) is 0.923. The number of carbonyl (C=O) groups is 1. The van der Waals surface area contributed by atoms with Gasteiger partial charge in [0, 0.05) is 19.6 Å². The number of nitrogens with one attached hydrogen (secondary N) is 1. The predicted octanol–water partition coefficient (Wildman–Crippen LogP) is 1.32. The monoisotopic (exact) mass is 274 g/mol. The number of hydrogen-bond acceptors (Lipinski definition) is 4. The third-order valence-corrected chi connectivity index (χ3v) is 3.24. The van der Waals surface area contributed by atoms with Crippen LogP contribution in [0.15, 0.2) is 0 Å². The fourth-order valence-electron chi connectivity index (χ4n) is 2.13. The van der Waals surface area contributed by atoms with Gasteiger partial charge < -0.3 is 19.7 Å². The molecule has 2 aliphatic heterocycles. The number of halogens is 1. The molecule has 1 amide bonds. The molecule has 0 aromatic rings. The minimum absolute atomic E-state index is 0.0553. The average molecular weight is 274 g/mol. The van der Waals surface area contributed by atoms with E-state index in [0.717, 1.165) is 13.1 Å². The van der Waals surface area contributed by atoms with Crippen LogP contribution in [0, 0.1) is 0 Å². The van der Waals surface area contributed by atoms with E-state index in [2.05, 4.69) is 5.32 Å². The van der Waals surface area contributed by atoms with Crippen molar-refractivity contribution in [2.75, 3.05) is 26.2 Å². The molecule has 5 nitrogen and oxygen atoms in total. The zero-order valence-corrected chi connectivity index (χ0v) is 11.8. The van der Waals surface area contributed by atoms with Crippen molar-refractivity contribution < 1.29 is 18.7 Å². The predicted molar refractivity (Wildman–Crippen MR) is 68.9 cm³/mol. The van der Waals surface area contributed by atoms with E-state index in [1.807, 2.05) is 0 Å². The SMILES string of the molecule is CC(C)(C)OC(=O)N1CC[C@H](OC2CNC2)[C@H](F)C1. The van der Waals surface area contributed by atoms with Gasteiger partial charge in [0.15, 0.2) is 0 Å². The van der Waals surface area contributed by atoms with Gasteiger partial charge >= 0.3 is 6.09 Å². The van der Waals surface area contributed by atoms with E-state index in [9.17, 15) is 9.18 Å². The Kier molecular flexibility index (Phi) is 4.30. The topological polar surface area (TPSA) is 50.8 Å². The van der Waals surface area contributed by atoms with Crippen LogP contribution in [0.2, 0.25) is 0 Å². The van der Waals surface area contributed by atoms with Crippen molar-refractivity contribution in [3.63, 3.8) is 0 Å². The first-order valence-electron chi connectivity index (χ1n) is 6.83. The molecule has 19 heavy (non-hydrogen) atoms. The second-order valence-corrected chi connectivity index (χ2v) is 6.19. The van der Waals surface area contributed by atoms with Crippen LogP contribution in [0.25, 0.3) is 0 Å². The first-order chi connectivity index (χ1) is 8.85. The van der Waals surface area contributed by atoms with E-state index in [0.29, 0.717) is 13.0 Å². The molecular weight excluding hydrogens is 251 g/mol. The van der Waals surface area contributed by atoms with Gasteiger partial charge in [-0.1, -0.05) is 0 Å². The highest BCUT2D eigenvalue weighted by molar-refractivity contribution is 5.68. The Hall–Kier alpha value is -0.880. The van der Waals surface area contributed by atoms with Gasteiger partial charge in [-0.05, 0) is 27.2 Å². The third kappa shape index (κ3) is 4.04. The molecule has 1 N–H and O–H groups in total. The summed E-state index contributed by atoms with van der Waals surface area (Å²) < 4.78 is 24.9. The first kappa shape index (κ1) is 14.5. The molecule has 2 aliphatic rings. The van der Waals surface area contributed by atoms with Crippen molar-refractivity contribution in [3.05, 3.63) is 0 Å². The number of hydrogen-bond donors (Lipinski definition) is 1. The lowest BCUT2D eigenvalue weighted by Crippen LogP contribution is -2.55. The summed E-state index contributed by atoms with van der Waals surface area (Å²) >= 11 is 0. The van der Waals surface area contributed by atoms with Crippen LogP contribution in [0.4, 0.5) is 9.18 Å². The number of piperidine rings is 1. The number of carbonyl (C=O) groups excluding carboxylic acids is 1. The van der Waals surface area contributed by atoms with E-state index in [1.165, 1.54) is 4.90 Å². The van der Waals surface area contributed by atoms with Crippen molar-refractivity contribution in [1.29, 1.82) is 0 Å². The number of amides is 1.